The number of primary amides is 1. The second-order valence-electron chi connectivity index (χ2n) is 5.68. The van der Waals surface area contributed by atoms with Gasteiger partial charge in [-0.2, -0.15) is 0 Å². The number of carbonyl (C=O) groups is 1. The molecule has 0 bridgehead atoms. The van der Waals surface area contributed by atoms with Crippen molar-refractivity contribution in [1.82, 2.24) is 0 Å². The van der Waals surface area contributed by atoms with Crippen LogP contribution in [0.25, 0.3) is 0 Å². The lowest BCUT2D eigenvalue weighted by Crippen LogP contribution is -2.22. The normalized spacial score (nSPS) is 13.5. The van der Waals surface area contributed by atoms with E-state index in [9.17, 15) is 4.79 Å². The van der Waals surface area contributed by atoms with Gasteiger partial charge in [-0.15, -0.1) is 0 Å². The minimum Gasteiger partial charge on any atom is -0.415 e. The Bertz CT molecular complexity index is 408. The van der Waals surface area contributed by atoms with Gasteiger partial charge in [0, 0.05) is 5.56 Å². The molecule has 2 atom stereocenters. The molecule has 0 saturated heterocycles. The van der Waals surface area contributed by atoms with Crippen LogP contribution in [0.1, 0.15) is 70.6 Å². The van der Waals surface area contributed by atoms with E-state index in [1.54, 1.807) is 0 Å². The summed E-state index contributed by atoms with van der Waals surface area (Å²) in [5, 5.41) is 0. The molecule has 0 aromatic heterocycles. The van der Waals surface area contributed by atoms with Crippen molar-refractivity contribution in [3.8, 4) is 0 Å². The molecule has 124 valence electrons. The Labute approximate surface area is 134 Å². The quantitative estimate of drug-likeness (QED) is 0.465. The molecule has 2 N–H and O–H groups in total. The average Bonchev–Trinajstić information content (AvgIpc) is 2.50. The molecule has 0 aliphatic heterocycles. The van der Waals surface area contributed by atoms with E-state index < -0.39 is 12.4 Å². The minimum absolute atomic E-state index is 0.0238. The second-order valence-corrected chi connectivity index (χ2v) is 5.68. The maximum absolute atomic E-state index is 11.0. The molecule has 4 nitrogen and oxygen atoms in total. The van der Waals surface area contributed by atoms with Crippen LogP contribution < -0.4 is 5.73 Å². The first kappa shape index (κ1) is 18.5. The Balaban J connectivity index is 2.37. The van der Waals surface area contributed by atoms with E-state index in [1.807, 2.05) is 37.3 Å². The van der Waals surface area contributed by atoms with E-state index in [0.29, 0.717) is 0 Å². The molecule has 22 heavy (non-hydrogen) atoms. The number of hydrogen-bond donors (Lipinski definition) is 1. The minimum atomic E-state index is -0.819. The molecule has 1 rings (SSSR count). The smallest absolute Gasteiger partial charge is 0.407 e. The van der Waals surface area contributed by atoms with Crippen molar-refractivity contribution in [1.29, 1.82) is 0 Å². The Morgan fingerprint density at radius 1 is 1.09 bits per heavy atom. The highest BCUT2D eigenvalue weighted by molar-refractivity contribution is 5.64. The van der Waals surface area contributed by atoms with E-state index in [0.717, 1.165) is 18.4 Å². The van der Waals surface area contributed by atoms with Gasteiger partial charge >= 0.3 is 6.09 Å². The van der Waals surface area contributed by atoms with Crippen LogP contribution in [0.3, 0.4) is 0 Å². The fraction of sp³-hybridized carbons (Fsp3) is 0.611. The van der Waals surface area contributed by atoms with Gasteiger partial charge in [-0.05, 0) is 13.3 Å². The van der Waals surface area contributed by atoms with Crippen LogP contribution in [0, 0.1) is 0 Å². The third-order valence-electron chi connectivity index (χ3n) is 3.62. The molecule has 0 radical (unpaired) electrons. The zero-order valence-corrected chi connectivity index (χ0v) is 13.8. The number of amides is 1. The van der Waals surface area contributed by atoms with Crippen molar-refractivity contribution in [2.24, 2.45) is 5.73 Å². The number of benzene rings is 1. The summed E-state index contributed by atoms with van der Waals surface area (Å²) in [5.74, 6) is 0. The maximum Gasteiger partial charge on any atom is 0.407 e. The van der Waals surface area contributed by atoms with E-state index >= 15 is 0 Å². The van der Waals surface area contributed by atoms with E-state index in [1.165, 1.54) is 32.1 Å². The van der Waals surface area contributed by atoms with Gasteiger partial charge in [-0.25, -0.2) is 4.79 Å². The van der Waals surface area contributed by atoms with Gasteiger partial charge in [-0.1, -0.05) is 75.8 Å². The summed E-state index contributed by atoms with van der Waals surface area (Å²) in [4.78, 5) is 11.0. The molecule has 4 heteroatoms. The zero-order valence-electron chi connectivity index (χ0n) is 13.8. The largest absolute Gasteiger partial charge is 0.415 e. The van der Waals surface area contributed by atoms with Crippen LogP contribution in [0.5, 0.6) is 0 Å². The van der Waals surface area contributed by atoms with Crippen molar-refractivity contribution in [3.63, 3.8) is 0 Å². The number of unbranched alkanes of at least 4 members (excludes halogenated alkanes) is 5. The van der Waals surface area contributed by atoms with Crippen LogP contribution in [0.15, 0.2) is 30.3 Å². The third-order valence-corrected chi connectivity index (χ3v) is 3.62. The predicted molar refractivity (Wildman–Crippen MR) is 88.4 cm³/mol. The lowest BCUT2D eigenvalue weighted by Gasteiger charge is -2.22. The summed E-state index contributed by atoms with van der Waals surface area (Å²) in [7, 11) is 0. The third kappa shape index (κ3) is 8.03. The van der Waals surface area contributed by atoms with E-state index in [2.05, 4.69) is 6.92 Å². The lowest BCUT2D eigenvalue weighted by atomic mass is 10.1. The number of nitrogens with two attached hydrogens (primary N) is 1. The van der Waals surface area contributed by atoms with E-state index in [-0.39, 0.29) is 6.10 Å². The van der Waals surface area contributed by atoms with Crippen LogP contribution in [-0.2, 0) is 9.47 Å². The Kier molecular flexibility index (Phi) is 9.31. The second kappa shape index (κ2) is 11.1. The standard InChI is InChI=1S/C18H29NO3/c1-3-4-5-6-7-9-12-15(2)21-17(22-18(19)20)16-13-10-8-11-14-16/h8,10-11,13-15,17H,3-7,9,12H2,1-2H3,(H2,19,20). The van der Waals surface area contributed by atoms with Crippen molar-refractivity contribution in [3.05, 3.63) is 35.9 Å². The van der Waals surface area contributed by atoms with E-state index in [4.69, 9.17) is 15.2 Å². The number of ether oxygens (including phenoxy) is 2. The van der Waals surface area contributed by atoms with Crippen LogP contribution in [0.4, 0.5) is 4.79 Å². The SMILES string of the molecule is CCCCCCCCC(C)OC(OC(N)=O)c1ccccc1. The number of rotatable bonds is 11. The monoisotopic (exact) mass is 307 g/mol. The summed E-state index contributed by atoms with van der Waals surface area (Å²) < 4.78 is 10.9. The highest BCUT2D eigenvalue weighted by Gasteiger charge is 2.18. The Morgan fingerprint density at radius 3 is 2.36 bits per heavy atom. The molecule has 1 amide bonds. The molecular formula is C18H29NO3. The summed E-state index contributed by atoms with van der Waals surface area (Å²) in [6.45, 7) is 4.23. The molecular weight excluding hydrogens is 278 g/mol. The maximum atomic E-state index is 11.0. The van der Waals surface area contributed by atoms with Gasteiger partial charge in [-0.3, -0.25) is 0 Å². The fourth-order valence-electron chi connectivity index (χ4n) is 2.38. The molecule has 2 unspecified atom stereocenters. The highest BCUT2D eigenvalue weighted by atomic mass is 16.7. The molecule has 0 aliphatic rings. The van der Waals surface area contributed by atoms with Crippen molar-refractivity contribution in [2.45, 2.75) is 71.2 Å². The van der Waals surface area contributed by atoms with Crippen molar-refractivity contribution in [2.75, 3.05) is 0 Å². The topological polar surface area (TPSA) is 61.6 Å². The lowest BCUT2D eigenvalue weighted by molar-refractivity contribution is -0.137. The molecule has 0 saturated carbocycles. The molecule has 1 aromatic carbocycles. The zero-order chi connectivity index (χ0) is 16.2. The summed E-state index contributed by atoms with van der Waals surface area (Å²) >= 11 is 0. The Morgan fingerprint density at radius 2 is 1.73 bits per heavy atom. The molecule has 0 heterocycles. The van der Waals surface area contributed by atoms with Gasteiger partial charge in [0.05, 0.1) is 6.10 Å². The van der Waals surface area contributed by atoms with Crippen LogP contribution in [-0.4, -0.2) is 12.2 Å². The van der Waals surface area contributed by atoms with Gasteiger partial charge in [0.25, 0.3) is 0 Å². The number of carbonyl (C=O) groups excluding carboxylic acids is 1. The molecule has 0 spiro atoms. The van der Waals surface area contributed by atoms with Crippen molar-refractivity contribution >= 4 is 6.09 Å². The predicted octanol–water partition coefficient (Wildman–Crippen LogP) is 4.94. The highest BCUT2D eigenvalue weighted by Crippen LogP contribution is 2.22. The van der Waals surface area contributed by atoms with Crippen molar-refractivity contribution < 1.29 is 14.3 Å². The fourth-order valence-corrected chi connectivity index (χ4v) is 2.38. The van der Waals surface area contributed by atoms with Crippen LogP contribution in [0.2, 0.25) is 0 Å². The summed E-state index contributed by atoms with van der Waals surface area (Å²) in [6.07, 6.45) is 6.95. The van der Waals surface area contributed by atoms with Gasteiger partial charge in [0.15, 0.2) is 0 Å². The number of hydrogen-bond acceptors (Lipinski definition) is 3. The first-order valence-corrected chi connectivity index (χ1v) is 8.30. The first-order valence-electron chi connectivity index (χ1n) is 8.30. The molecule has 0 fully saturated rings. The van der Waals surface area contributed by atoms with Crippen LogP contribution >= 0.6 is 0 Å². The van der Waals surface area contributed by atoms with Gasteiger partial charge < -0.3 is 15.2 Å². The van der Waals surface area contributed by atoms with Gasteiger partial charge in [0.2, 0.25) is 6.29 Å². The molecule has 0 aliphatic carbocycles. The average molecular weight is 307 g/mol. The first-order chi connectivity index (χ1) is 10.6. The molecule has 1 aromatic rings. The Hall–Kier alpha value is -1.55. The summed E-state index contributed by atoms with van der Waals surface area (Å²) in [6, 6.07) is 9.41. The van der Waals surface area contributed by atoms with Gasteiger partial charge in [0.1, 0.15) is 0 Å². The summed E-state index contributed by atoms with van der Waals surface area (Å²) in [5.41, 5.74) is 5.94.